The molecule has 0 fully saturated rings. The normalized spacial score (nSPS) is 10.5. The minimum Gasteiger partial charge on any atom is -0.350 e. The molecule has 0 unspecified atom stereocenters. The Hall–Kier alpha value is -4.07. The van der Waals surface area contributed by atoms with Gasteiger partial charge in [-0.1, -0.05) is 18.2 Å². The number of pyridine rings is 1. The second-order valence-electron chi connectivity index (χ2n) is 8.42. The Morgan fingerprint density at radius 2 is 1.63 bits per heavy atom. The van der Waals surface area contributed by atoms with E-state index < -0.39 is 0 Å². The zero-order valence-corrected chi connectivity index (χ0v) is 20.1. The van der Waals surface area contributed by atoms with Crippen molar-refractivity contribution in [2.24, 2.45) is 0 Å². The van der Waals surface area contributed by atoms with Gasteiger partial charge in [-0.15, -0.1) is 0 Å². The van der Waals surface area contributed by atoms with E-state index >= 15 is 0 Å². The number of hydrogen-bond donors (Lipinski definition) is 2. The molecule has 1 heterocycles. The highest BCUT2D eigenvalue weighted by Crippen LogP contribution is 2.20. The third-order valence-electron chi connectivity index (χ3n) is 5.56. The number of halogens is 1. The van der Waals surface area contributed by atoms with E-state index in [0.717, 1.165) is 22.3 Å². The van der Waals surface area contributed by atoms with Crippen molar-refractivity contribution < 1.29 is 18.8 Å². The van der Waals surface area contributed by atoms with Crippen LogP contribution < -0.4 is 15.5 Å². The molecule has 2 N–H and O–H groups in total. The second-order valence-corrected chi connectivity index (χ2v) is 8.42. The molecule has 182 valence electrons. The molecular formula is C27H29FN4O3. The van der Waals surface area contributed by atoms with Crippen LogP contribution in [-0.4, -0.2) is 29.3 Å². The molecule has 0 aliphatic rings. The van der Waals surface area contributed by atoms with E-state index in [1.54, 1.807) is 30.5 Å². The zero-order valence-electron chi connectivity index (χ0n) is 20.1. The highest BCUT2D eigenvalue weighted by atomic mass is 19.1. The number of hydrogen-bond acceptors (Lipinski definition) is 4. The van der Waals surface area contributed by atoms with Crippen LogP contribution in [0, 0.1) is 26.6 Å². The molecule has 7 nitrogen and oxygen atoms in total. The van der Waals surface area contributed by atoms with Gasteiger partial charge in [-0.25, -0.2) is 9.37 Å². The van der Waals surface area contributed by atoms with Crippen LogP contribution >= 0.6 is 0 Å². The number of amides is 3. The first-order chi connectivity index (χ1) is 16.7. The SMILES string of the molecule is Cc1ccnc(NC(=O)CCC(=O)N(CC(=O)NCc2ccc(F)cc2)c2ccc(C)c(C)c2)c1. The summed E-state index contributed by atoms with van der Waals surface area (Å²) in [5.74, 6) is -0.980. The van der Waals surface area contributed by atoms with E-state index in [-0.39, 0.29) is 49.5 Å². The number of benzene rings is 2. The minimum atomic E-state index is -0.366. The van der Waals surface area contributed by atoms with E-state index in [1.807, 2.05) is 39.0 Å². The Kier molecular flexibility index (Phi) is 8.67. The summed E-state index contributed by atoms with van der Waals surface area (Å²) in [6.45, 7) is 5.79. The van der Waals surface area contributed by atoms with E-state index in [4.69, 9.17) is 0 Å². The Bertz CT molecular complexity index is 1210. The van der Waals surface area contributed by atoms with Crippen LogP contribution in [0.2, 0.25) is 0 Å². The van der Waals surface area contributed by atoms with E-state index in [9.17, 15) is 18.8 Å². The lowest BCUT2D eigenvalue weighted by Crippen LogP contribution is -2.41. The summed E-state index contributed by atoms with van der Waals surface area (Å²) in [4.78, 5) is 43.6. The highest BCUT2D eigenvalue weighted by molar-refractivity contribution is 6.01. The van der Waals surface area contributed by atoms with Gasteiger partial charge < -0.3 is 15.5 Å². The molecule has 0 bridgehead atoms. The molecule has 0 aliphatic heterocycles. The zero-order chi connectivity index (χ0) is 25.4. The lowest BCUT2D eigenvalue weighted by Gasteiger charge is -2.23. The summed E-state index contributed by atoms with van der Waals surface area (Å²) < 4.78 is 13.1. The van der Waals surface area contributed by atoms with Gasteiger partial charge in [0.25, 0.3) is 0 Å². The predicted octanol–water partition coefficient (Wildman–Crippen LogP) is 4.21. The maximum atomic E-state index is 13.1. The number of rotatable bonds is 9. The monoisotopic (exact) mass is 476 g/mol. The molecule has 0 spiro atoms. The number of nitrogens with one attached hydrogen (secondary N) is 2. The fourth-order valence-electron chi connectivity index (χ4n) is 3.38. The predicted molar refractivity (Wildman–Crippen MR) is 133 cm³/mol. The third kappa shape index (κ3) is 7.74. The van der Waals surface area contributed by atoms with Crippen molar-refractivity contribution in [3.05, 3.63) is 88.9 Å². The molecule has 3 aromatic rings. The van der Waals surface area contributed by atoms with Gasteiger partial charge in [-0.2, -0.15) is 0 Å². The molecule has 0 aliphatic carbocycles. The Balaban J connectivity index is 1.65. The van der Waals surface area contributed by atoms with Crippen LogP contribution in [0.5, 0.6) is 0 Å². The number of aryl methyl sites for hydroxylation is 3. The molecule has 0 atom stereocenters. The van der Waals surface area contributed by atoms with Crippen molar-refractivity contribution in [3.8, 4) is 0 Å². The fourth-order valence-corrected chi connectivity index (χ4v) is 3.38. The van der Waals surface area contributed by atoms with Crippen LogP contribution in [-0.2, 0) is 20.9 Å². The Morgan fingerprint density at radius 1 is 0.886 bits per heavy atom. The van der Waals surface area contributed by atoms with Crippen molar-refractivity contribution in [3.63, 3.8) is 0 Å². The average Bonchev–Trinajstić information content (AvgIpc) is 2.82. The number of aromatic nitrogens is 1. The van der Waals surface area contributed by atoms with Crippen molar-refractivity contribution in [1.82, 2.24) is 10.3 Å². The second kappa shape index (κ2) is 11.9. The van der Waals surface area contributed by atoms with Crippen molar-refractivity contribution in [2.75, 3.05) is 16.8 Å². The van der Waals surface area contributed by atoms with Gasteiger partial charge in [-0.05, 0) is 79.4 Å². The van der Waals surface area contributed by atoms with Gasteiger partial charge in [0.1, 0.15) is 18.2 Å². The van der Waals surface area contributed by atoms with Gasteiger partial charge >= 0.3 is 0 Å². The van der Waals surface area contributed by atoms with Gasteiger partial charge in [0.05, 0.1) is 0 Å². The lowest BCUT2D eigenvalue weighted by atomic mass is 10.1. The summed E-state index contributed by atoms with van der Waals surface area (Å²) in [6.07, 6.45) is 1.48. The molecule has 8 heteroatoms. The maximum absolute atomic E-state index is 13.1. The van der Waals surface area contributed by atoms with Gasteiger partial charge in [0, 0.05) is 31.3 Å². The Morgan fingerprint density at radius 3 is 2.31 bits per heavy atom. The van der Waals surface area contributed by atoms with Crippen LogP contribution in [0.1, 0.15) is 35.1 Å². The van der Waals surface area contributed by atoms with Crippen LogP contribution in [0.3, 0.4) is 0 Å². The average molecular weight is 477 g/mol. The molecule has 0 saturated heterocycles. The first-order valence-electron chi connectivity index (χ1n) is 11.3. The van der Waals surface area contributed by atoms with Crippen molar-refractivity contribution in [1.29, 1.82) is 0 Å². The maximum Gasteiger partial charge on any atom is 0.240 e. The molecule has 0 saturated carbocycles. The first-order valence-corrected chi connectivity index (χ1v) is 11.3. The number of carbonyl (C=O) groups is 3. The topological polar surface area (TPSA) is 91.4 Å². The molecular weight excluding hydrogens is 447 g/mol. The number of carbonyl (C=O) groups excluding carboxylic acids is 3. The fraction of sp³-hybridized carbons (Fsp3) is 0.259. The molecule has 1 aromatic heterocycles. The van der Waals surface area contributed by atoms with E-state index in [0.29, 0.717) is 11.5 Å². The summed E-state index contributed by atoms with van der Waals surface area (Å²) in [6, 6.07) is 14.9. The molecule has 0 radical (unpaired) electrons. The van der Waals surface area contributed by atoms with Crippen LogP contribution in [0.15, 0.2) is 60.8 Å². The molecule has 35 heavy (non-hydrogen) atoms. The Labute approximate surface area is 204 Å². The van der Waals surface area contributed by atoms with Gasteiger partial charge in [0.2, 0.25) is 17.7 Å². The summed E-state index contributed by atoms with van der Waals surface area (Å²) in [5, 5.41) is 5.45. The molecule has 3 rings (SSSR count). The smallest absolute Gasteiger partial charge is 0.240 e. The summed E-state index contributed by atoms with van der Waals surface area (Å²) >= 11 is 0. The van der Waals surface area contributed by atoms with Crippen LogP contribution in [0.25, 0.3) is 0 Å². The lowest BCUT2D eigenvalue weighted by molar-refractivity contribution is -0.125. The minimum absolute atomic E-state index is 0.0486. The van der Waals surface area contributed by atoms with Crippen molar-refractivity contribution in [2.45, 2.75) is 40.2 Å². The quantitative estimate of drug-likeness (QED) is 0.484. The molecule has 2 aromatic carbocycles. The van der Waals surface area contributed by atoms with Gasteiger partial charge in [-0.3, -0.25) is 14.4 Å². The van der Waals surface area contributed by atoms with E-state index in [1.165, 1.54) is 17.0 Å². The summed E-state index contributed by atoms with van der Waals surface area (Å²) in [7, 11) is 0. The molecule has 3 amide bonds. The van der Waals surface area contributed by atoms with Crippen LogP contribution in [0.4, 0.5) is 15.9 Å². The number of nitrogens with zero attached hydrogens (tertiary/aromatic N) is 2. The highest BCUT2D eigenvalue weighted by Gasteiger charge is 2.21. The number of anilines is 2. The van der Waals surface area contributed by atoms with Crippen molar-refractivity contribution >= 4 is 29.2 Å². The standard InChI is InChI=1S/C27H29FN4O3/c1-18-12-13-29-24(14-18)31-25(33)10-11-27(35)32(23-9-4-19(2)20(3)15-23)17-26(34)30-16-21-5-7-22(28)8-6-21/h4-9,12-15H,10-11,16-17H2,1-3H3,(H,30,34)(H,29,31,33). The summed E-state index contributed by atoms with van der Waals surface area (Å²) in [5.41, 5.74) is 4.32. The first kappa shape index (κ1) is 25.6. The largest absolute Gasteiger partial charge is 0.350 e. The third-order valence-corrected chi connectivity index (χ3v) is 5.56. The van der Waals surface area contributed by atoms with Gasteiger partial charge in [0.15, 0.2) is 0 Å². The van der Waals surface area contributed by atoms with E-state index in [2.05, 4.69) is 15.6 Å².